The first-order chi connectivity index (χ1) is 14.3. The van der Waals surface area contributed by atoms with Crippen LogP contribution in [-0.2, 0) is 14.3 Å². The largest absolute Gasteiger partial charge is 0.442 e. The van der Waals surface area contributed by atoms with Gasteiger partial charge in [0.25, 0.3) is 0 Å². The van der Waals surface area contributed by atoms with Gasteiger partial charge in [0.15, 0.2) is 0 Å². The molecule has 8 heteroatoms. The van der Waals surface area contributed by atoms with Gasteiger partial charge in [-0.3, -0.25) is 9.59 Å². The molecule has 0 aliphatic carbocycles. The van der Waals surface area contributed by atoms with Gasteiger partial charge in [0.05, 0.1) is 12.6 Å². The molecule has 1 aromatic rings. The average molecular weight is 420 g/mol. The van der Waals surface area contributed by atoms with E-state index < -0.39 is 30.2 Å². The third-order valence-electron chi connectivity index (χ3n) is 5.17. The summed E-state index contributed by atoms with van der Waals surface area (Å²) in [6, 6.07) is 7.98. The van der Waals surface area contributed by atoms with Crippen molar-refractivity contribution in [3.05, 3.63) is 35.9 Å². The van der Waals surface area contributed by atoms with E-state index in [4.69, 9.17) is 4.74 Å². The molecule has 0 bridgehead atoms. The van der Waals surface area contributed by atoms with Crippen molar-refractivity contribution in [3.8, 4) is 0 Å². The molecule has 2 rings (SSSR count). The SMILES string of the molecule is CC(C)C[C@H](NC(=O)O[C@@H](C)c1ccccc1)C(=O)N[C@H](CO)C[C@@H]1CCNC1=O. The van der Waals surface area contributed by atoms with Crippen LogP contribution < -0.4 is 16.0 Å². The van der Waals surface area contributed by atoms with Gasteiger partial charge in [-0.1, -0.05) is 44.2 Å². The fourth-order valence-corrected chi connectivity index (χ4v) is 3.53. The second-order valence-corrected chi connectivity index (χ2v) is 8.19. The molecule has 0 saturated carbocycles. The van der Waals surface area contributed by atoms with Crippen molar-refractivity contribution < 1.29 is 24.2 Å². The molecule has 30 heavy (non-hydrogen) atoms. The minimum Gasteiger partial charge on any atom is -0.442 e. The van der Waals surface area contributed by atoms with Gasteiger partial charge in [-0.25, -0.2) is 4.79 Å². The van der Waals surface area contributed by atoms with E-state index in [1.807, 2.05) is 44.2 Å². The number of amides is 3. The molecular formula is C22H33N3O5. The molecule has 8 nitrogen and oxygen atoms in total. The number of aliphatic hydroxyl groups excluding tert-OH is 1. The molecule has 4 N–H and O–H groups in total. The Morgan fingerprint density at radius 1 is 1.20 bits per heavy atom. The van der Waals surface area contributed by atoms with E-state index in [-0.39, 0.29) is 24.3 Å². The van der Waals surface area contributed by atoms with Gasteiger partial charge in [0, 0.05) is 12.5 Å². The van der Waals surface area contributed by atoms with Crippen LogP contribution >= 0.6 is 0 Å². The fourth-order valence-electron chi connectivity index (χ4n) is 3.53. The van der Waals surface area contributed by atoms with Crippen LogP contribution in [0.2, 0.25) is 0 Å². The average Bonchev–Trinajstić information content (AvgIpc) is 3.11. The molecule has 4 atom stereocenters. The van der Waals surface area contributed by atoms with Crippen molar-refractivity contribution in [1.29, 1.82) is 0 Å². The van der Waals surface area contributed by atoms with Gasteiger partial charge in [-0.15, -0.1) is 0 Å². The van der Waals surface area contributed by atoms with Gasteiger partial charge in [0.1, 0.15) is 12.1 Å². The Balaban J connectivity index is 1.94. The maximum atomic E-state index is 12.8. The predicted molar refractivity (Wildman–Crippen MR) is 112 cm³/mol. The Bertz CT molecular complexity index is 710. The van der Waals surface area contributed by atoms with Crippen LogP contribution in [0.1, 0.15) is 51.7 Å². The summed E-state index contributed by atoms with van der Waals surface area (Å²) in [5, 5.41) is 17.8. The lowest BCUT2D eigenvalue weighted by molar-refractivity contribution is -0.126. The van der Waals surface area contributed by atoms with Crippen molar-refractivity contribution in [1.82, 2.24) is 16.0 Å². The van der Waals surface area contributed by atoms with Crippen LogP contribution in [0.25, 0.3) is 0 Å². The van der Waals surface area contributed by atoms with E-state index in [2.05, 4.69) is 16.0 Å². The zero-order valence-electron chi connectivity index (χ0n) is 17.9. The van der Waals surface area contributed by atoms with E-state index in [1.54, 1.807) is 6.92 Å². The van der Waals surface area contributed by atoms with Gasteiger partial charge in [-0.2, -0.15) is 0 Å². The minimum absolute atomic E-state index is 0.0574. The Labute approximate surface area is 177 Å². The molecule has 1 heterocycles. The summed E-state index contributed by atoms with van der Waals surface area (Å²) in [6.07, 6.45) is 0.325. The van der Waals surface area contributed by atoms with Crippen LogP contribution in [0.3, 0.4) is 0 Å². The molecule has 1 fully saturated rings. The first-order valence-electron chi connectivity index (χ1n) is 10.5. The van der Waals surface area contributed by atoms with E-state index >= 15 is 0 Å². The summed E-state index contributed by atoms with van der Waals surface area (Å²) in [6.45, 7) is 6.00. The normalized spacial score (nSPS) is 19.0. The van der Waals surface area contributed by atoms with Crippen molar-refractivity contribution in [2.24, 2.45) is 11.8 Å². The molecule has 1 aromatic carbocycles. The Hall–Kier alpha value is -2.61. The highest BCUT2D eigenvalue weighted by Crippen LogP contribution is 2.18. The summed E-state index contributed by atoms with van der Waals surface area (Å²) in [7, 11) is 0. The quantitative estimate of drug-likeness (QED) is 0.462. The molecule has 0 radical (unpaired) electrons. The van der Waals surface area contributed by atoms with Gasteiger partial charge >= 0.3 is 6.09 Å². The van der Waals surface area contributed by atoms with E-state index in [0.29, 0.717) is 25.8 Å². The summed E-state index contributed by atoms with van der Waals surface area (Å²) >= 11 is 0. The fraction of sp³-hybridized carbons (Fsp3) is 0.591. The Morgan fingerprint density at radius 2 is 1.90 bits per heavy atom. The van der Waals surface area contributed by atoms with E-state index in [0.717, 1.165) is 5.56 Å². The standard InChI is InChI=1S/C22H33N3O5/c1-14(2)11-19(25-22(29)30-15(3)16-7-5-4-6-8-16)21(28)24-18(13-26)12-17-9-10-23-20(17)27/h4-8,14-15,17-19,26H,9-13H2,1-3H3,(H,23,27)(H,24,28)(H,25,29)/t15-,17-,18-,19-/m0/s1. The molecule has 1 aliphatic rings. The third kappa shape index (κ3) is 7.33. The molecular weight excluding hydrogens is 386 g/mol. The van der Waals surface area contributed by atoms with Crippen LogP contribution in [0.4, 0.5) is 4.79 Å². The van der Waals surface area contributed by atoms with Gasteiger partial charge in [0.2, 0.25) is 11.8 Å². The van der Waals surface area contributed by atoms with Gasteiger partial charge in [-0.05, 0) is 37.7 Å². The van der Waals surface area contributed by atoms with Crippen molar-refractivity contribution >= 4 is 17.9 Å². The molecule has 0 spiro atoms. The number of aliphatic hydroxyl groups is 1. The summed E-state index contributed by atoms with van der Waals surface area (Å²) in [5.74, 6) is -0.528. The zero-order chi connectivity index (χ0) is 22.1. The highest BCUT2D eigenvalue weighted by molar-refractivity contribution is 5.86. The summed E-state index contributed by atoms with van der Waals surface area (Å²) in [4.78, 5) is 37.0. The lowest BCUT2D eigenvalue weighted by atomic mass is 9.97. The van der Waals surface area contributed by atoms with Crippen LogP contribution in [0.5, 0.6) is 0 Å². The number of hydrogen-bond acceptors (Lipinski definition) is 5. The van der Waals surface area contributed by atoms with Gasteiger partial charge < -0.3 is 25.8 Å². The first-order valence-corrected chi connectivity index (χ1v) is 10.5. The van der Waals surface area contributed by atoms with Crippen LogP contribution in [0.15, 0.2) is 30.3 Å². The first kappa shape index (κ1) is 23.7. The Kier molecular flexibility index (Phi) is 9.11. The number of rotatable bonds is 10. The van der Waals surface area contributed by atoms with Crippen molar-refractivity contribution in [3.63, 3.8) is 0 Å². The number of carbonyl (C=O) groups excluding carboxylic acids is 3. The van der Waals surface area contributed by atoms with Crippen molar-refractivity contribution in [2.75, 3.05) is 13.2 Å². The maximum Gasteiger partial charge on any atom is 0.408 e. The second kappa shape index (κ2) is 11.5. The third-order valence-corrected chi connectivity index (χ3v) is 5.17. The van der Waals surface area contributed by atoms with Crippen molar-refractivity contribution in [2.45, 2.75) is 58.2 Å². The van der Waals surface area contributed by atoms with E-state index in [9.17, 15) is 19.5 Å². The lowest BCUT2D eigenvalue weighted by Gasteiger charge is -2.25. The zero-order valence-corrected chi connectivity index (χ0v) is 17.9. The lowest BCUT2D eigenvalue weighted by Crippen LogP contribution is -2.51. The minimum atomic E-state index is -0.799. The second-order valence-electron chi connectivity index (χ2n) is 8.19. The summed E-state index contributed by atoms with van der Waals surface area (Å²) in [5.41, 5.74) is 0.854. The summed E-state index contributed by atoms with van der Waals surface area (Å²) < 4.78 is 5.42. The molecule has 0 unspecified atom stereocenters. The highest BCUT2D eigenvalue weighted by atomic mass is 16.6. The molecule has 1 aliphatic heterocycles. The van der Waals surface area contributed by atoms with E-state index in [1.165, 1.54) is 0 Å². The monoisotopic (exact) mass is 419 g/mol. The molecule has 0 aromatic heterocycles. The number of ether oxygens (including phenoxy) is 1. The molecule has 3 amide bonds. The topological polar surface area (TPSA) is 117 Å². The predicted octanol–water partition coefficient (Wildman–Crippen LogP) is 1.89. The Morgan fingerprint density at radius 3 is 2.47 bits per heavy atom. The number of carbonyl (C=O) groups is 3. The maximum absolute atomic E-state index is 12.8. The molecule has 1 saturated heterocycles. The highest BCUT2D eigenvalue weighted by Gasteiger charge is 2.30. The number of alkyl carbamates (subject to hydrolysis) is 1. The number of hydrogen-bond donors (Lipinski definition) is 4. The molecule has 166 valence electrons. The van der Waals surface area contributed by atoms with Crippen LogP contribution in [0, 0.1) is 11.8 Å². The smallest absolute Gasteiger partial charge is 0.408 e. The number of nitrogens with one attached hydrogen (secondary N) is 3. The van der Waals surface area contributed by atoms with Crippen LogP contribution in [-0.4, -0.2) is 48.2 Å². The number of benzene rings is 1.